The molecule has 1 unspecified atom stereocenters. The fraction of sp³-hybridized carbons (Fsp3) is 0.357. The van der Waals surface area contributed by atoms with E-state index >= 15 is 0 Å². The molecule has 0 aliphatic carbocycles. The van der Waals surface area contributed by atoms with Gasteiger partial charge in [0.15, 0.2) is 0 Å². The molecular formula is C14H16N4O2. The molecule has 1 atom stereocenters. The first-order chi connectivity index (χ1) is 9.66. The average molecular weight is 272 g/mol. The van der Waals surface area contributed by atoms with E-state index in [0.717, 1.165) is 12.1 Å². The highest BCUT2D eigenvalue weighted by molar-refractivity contribution is 5.94. The maximum atomic E-state index is 12.2. The quantitative estimate of drug-likeness (QED) is 0.911. The van der Waals surface area contributed by atoms with Gasteiger partial charge in [-0.15, -0.1) is 0 Å². The fourth-order valence-electron chi connectivity index (χ4n) is 2.22. The van der Waals surface area contributed by atoms with Gasteiger partial charge in [-0.1, -0.05) is 0 Å². The van der Waals surface area contributed by atoms with Gasteiger partial charge in [-0.3, -0.25) is 4.79 Å². The van der Waals surface area contributed by atoms with Crippen molar-refractivity contribution in [3.63, 3.8) is 0 Å². The minimum absolute atomic E-state index is 0.0804. The number of ether oxygens (including phenoxy) is 1. The molecule has 0 saturated carbocycles. The molecule has 0 bridgehead atoms. The number of hydrogen-bond acceptors (Lipinski definition) is 4. The largest absolute Gasteiger partial charge is 0.379 e. The molecule has 1 saturated heterocycles. The third-order valence-electron chi connectivity index (χ3n) is 3.45. The molecule has 0 radical (unpaired) electrons. The molecule has 1 aromatic carbocycles. The highest BCUT2D eigenvalue weighted by Crippen LogP contribution is 2.18. The fourth-order valence-corrected chi connectivity index (χ4v) is 2.22. The van der Waals surface area contributed by atoms with Crippen molar-refractivity contribution >= 4 is 5.91 Å². The smallest absolute Gasteiger partial charge is 0.251 e. The second kappa shape index (κ2) is 5.05. The molecule has 1 aromatic heterocycles. The maximum Gasteiger partial charge on any atom is 0.251 e. The molecule has 2 heterocycles. The lowest BCUT2D eigenvalue weighted by Gasteiger charge is -2.23. The van der Waals surface area contributed by atoms with Crippen LogP contribution in [-0.2, 0) is 4.74 Å². The van der Waals surface area contributed by atoms with E-state index in [9.17, 15) is 4.79 Å². The zero-order valence-electron chi connectivity index (χ0n) is 11.2. The Balaban J connectivity index is 1.72. The molecular weight excluding hydrogens is 256 g/mol. The van der Waals surface area contributed by atoms with E-state index < -0.39 is 0 Å². The van der Waals surface area contributed by atoms with Crippen LogP contribution >= 0.6 is 0 Å². The predicted octanol–water partition coefficient (Wildman–Crippen LogP) is 1.18. The standard InChI is InChI=1S/C14H16N4O2/c1-14(6-7-20-8-14)17-13(19)11-2-4-12(5-3-11)18-10-15-9-16-18/h2-5,9-10H,6-8H2,1H3,(H,17,19). The summed E-state index contributed by atoms with van der Waals surface area (Å²) in [4.78, 5) is 16.1. The number of benzene rings is 1. The lowest BCUT2D eigenvalue weighted by Crippen LogP contribution is -2.46. The highest BCUT2D eigenvalue weighted by Gasteiger charge is 2.31. The molecule has 1 N–H and O–H groups in total. The number of carbonyl (C=O) groups excluding carboxylic acids is 1. The minimum atomic E-state index is -0.262. The summed E-state index contributed by atoms with van der Waals surface area (Å²) in [5.41, 5.74) is 1.23. The van der Waals surface area contributed by atoms with Crippen molar-refractivity contribution in [3.8, 4) is 5.69 Å². The van der Waals surface area contributed by atoms with Crippen LogP contribution in [0.5, 0.6) is 0 Å². The van der Waals surface area contributed by atoms with E-state index in [-0.39, 0.29) is 11.4 Å². The summed E-state index contributed by atoms with van der Waals surface area (Å²) in [5.74, 6) is -0.0804. The number of nitrogens with one attached hydrogen (secondary N) is 1. The molecule has 1 aliphatic rings. The van der Waals surface area contributed by atoms with E-state index in [2.05, 4.69) is 15.4 Å². The van der Waals surface area contributed by atoms with Crippen molar-refractivity contribution in [1.82, 2.24) is 20.1 Å². The zero-order chi connectivity index (χ0) is 14.0. The van der Waals surface area contributed by atoms with Crippen molar-refractivity contribution < 1.29 is 9.53 Å². The molecule has 1 fully saturated rings. The van der Waals surface area contributed by atoms with Crippen LogP contribution in [0.4, 0.5) is 0 Å². The molecule has 20 heavy (non-hydrogen) atoms. The van der Waals surface area contributed by atoms with Crippen molar-refractivity contribution in [2.75, 3.05) is 13.2 Å². The highest BCUT2D eigenvalue weighted by atomic mass is 16.5. The molecule has 6 heteroatoms. The van der Waals surface area contributed by atoms with Gasteiger partial charge < -0.3 is 10.1 Å². The Hall–Kier alpha value is -2.21. The van der Waals surface area contributed by atoms with Crippen molar-refractivity contribution in [3.05, 3.63) is 42.5 Å². The van der Waals surface area contributed by atoms with Gasteiger partial charge in [-0.05, 0) is 37.6 Å². The van der Waals surface area contributed by atoms with Crippen LogP contribution in [0, 0.1) is 0 Å². The number of carbonyl (C=O) groups is 1. The van der Waals surface area contributed by atoms with Crippen LogP contribution in [0.3, 0.4) is 0 Å². The van der Waals surface area contributed by atoms with E-state index in [4.69, 9.17) is 4.74 Å². The maximum absolute atomic E-state index is 12.2. The van der Waals surface area contributed by atoms with Gasteiger partial charge in [-0.2, -0.15) is 5.10 Å². The number of nitrogens with zero attached hydrogens (tertiary/aromatic N) is 3. The Morgan fingerprint density at radius 3 is 2.80 bits per heavy atom. The summed E-state index contributed by atoms with van der Waals surface area (Å²) in [6, 6.07) is 7.26. The second-order valence-corrected chi connectivity index (χ2v) is 5.20. The van der Waals surface area contributed by atoms with Crippen LogP contribution in [-0.4, -0.2) is 39.4 Å². The second-order valence-electron chi connectivity index (χ2n) is 5.20. The Labute approximate surface area is 116 Å². The van der Waals surface area contributed by atoms with Gasteiger partial charge in [0, 0.05) is 12.2 Å². The first kappa shape index (κ1) is 12.8. The summed E-state index contributed by atoms with van der Waals surface area (Å²) < 4.78 is 6.98. The third kappa shape index (κ3) is 2.55. The predicted molar refractivity (Wildman–Crippen MR) is 72.7 cm³/mol. The van der Waals surface area contributed by atoms with E-state index in [1.165, 1.54) is 6.33 Å². The first-order valence-corrected chi connectivity index (χ1v) is 6.52. The summed E-state index contributed by atoms with van der Waals surface area (Å²) in [6.45, 7) is 3.26. The Morgan fingerprint density at radius 2 is 2.20 bits per heavy atom. The van der Waals surface area contributed by atoms with E-state index in [0.29, 0.717) is 18.8 Å². The topological polar surface area (TPSA) is 69.0 Å². The number of aromatic nitrogens is 3. The SMILES string of the molecule is CC1(NC(=O)c2ccc(-n3cncn3)cc2)CCOC1. The third-order valence-corrected chi connectivity index (χ3v) is 3.45. The van der Waals surface area contributed by atoms with Gasteiger partial charge in [0.25, 0.3) is 5.91 Å². The number of hydrogen-bond donors (Lipinski definition) is 1. The van der Waals surface area contributed by atoms with E-state index in [1.54, 1.807) is 23.1 Å². The lowest BCUT2D eigenvalue weighted by molar-refractivity contribution is 0.0890. The molecule has 6 nitrogen and oxygen atoms in total. The van der Waals surface area contributed by atoms with Gasteiger partial charge in [-0.25, -0.2) is 9.67 Å². The summed E-state index contributed by atoms with van der Waals surface area (Å²) in [6.07, 6.45) is 3.93. The molecule has 3 rings (SSSR count). The van der Waals surface area contributed by atoms with Gasteiger partial charge >= 0.3 is 0 Å². The lowest BCUT2D eigenvalue weighted by atomic mass is 10.0. The normalized spacial score (nSPS) is 21.9. The van der Waals surface area contributed by atoms with Crippen LogP contribution in [0.1, 0.15) is 23.7 Å². The summed E-state index contributed by atoms with van der Waals surface area (Å²) >= 11 is 0. The minimum Gasteiger partial charge on any atom is -0.379 e. The Bertz CT molecular complexity index is 586. The molecule has 1 aliphatic heterocycles. The molecule has 0 spiro atoms. The zero-order valence-corrected chi connectivity index (χ0v) is 11.2. The average Bonchev–Trinajstić information content (AvgIpc) is 3.10. The van der Waals surface area contributed by atoms with Crippen LogP contribution < -0.4 is 5.32 Å². The van der Waals surface area contributed by atoms with Crippen molar-refractivity contribution in [1.29, 1.82) is 0 Å². The number of rotatable bonds is 3. The molecule has 1 amide bonds. The van der Waals surface area contributed by atoms with Crippen LogP contribution in [0.25, 0.3) is 5.69 Å². The van der Waals surface area contributed by atoms with Crippen molar-refractivity contribution in [2.24, 2.45) is 0 Å². The Morgan fingerprint density at radius 1 is 1.40 bits per heavy atom. The monoisotopic (exact) mass is 272 g/mol. The summed E-state index contributed by atoms with van der Waals surface area (Å²) in [7, 11) is 0. The van der Waals surface area contributed by atoms with Gasteiger partial charge in [0.1, 0.15) is 12.7 Å². The Kier molecular flexibility index (Phi) is 3.23. The van der Waals surface area contributed by atoms with Gasteiger partial charge in [0.2, 0.25) is 0 Å². The molecule has 2 aromatic rings. The van der Waals surface area contributed by atoms with E-state index in [1.807, 2.05) is 19.1 Å². The summed E-state index contributed by atoms with van der Waals surface area (Å²) in [5, 5.41) is 7.07. The van der Waals surface area contributed by atoms with Crippen LogP contribution in [0.2, 0.25) is 0 Å². The van der Waals surface area contributed by atoms with Gasteiger partial charge in [0.05, 0.1) is 17.8 Å². The molecule has 104 valence electrons. The van der Waals surface area contributed by atoms with Crippen LogP contribution in [0.15, 0.2) is 36.9 Å². The first-order valence-electron chi connectivity index (χ1n) is 6.52. The van der Waals surface area contributed by atoms with Crippen molar-refractivity contribution in [2.45, 2.75) is 18.9 Å². The number of amides is 1.